The number of nitrogens with one attached hydrogen (secondary N) is 1. The Balaban J connectivity index is 2.63. The first-order chi connectivity index (χ1) is 6.79. The summed E-state index contributed by atoms with van der Waals surface area (Å²) in [5.74, 6) is 0.813. The Hall–Kier alpha value is -0.640. The van der Waals surface area contributed by atoms with Crippen LogP contribution in [0.25, 0.3) is 0 Å². The zero-order valence-corrected chi connectivity index (χ0v) is 9.52. The van der Waals surface area contributed by atoms with Crippen LogP contribution >= 0.6 is 11.8 Å². The van der Waals surface area contributed by atoms with E-state index in [9.17, 15) is 4.79 Å². The van der Waals surface area contributed by atoms with Crippen molar-refractivity contribution in [1.29, 1.82) is 0 Å². The summed E-state index contributed by atoms with van der Waals surface area (Å²) in [7, 11) is 1.44. The fraction of sp³-hybridized carbons (Fsp3) is 0.700. The molecule has 1 aliphatic rings. The fourth-order valence-electron chi connectivity index (χ4n) is 1.34. The lowest BCUT2D eigenvalue weighted by Gasteiger charge is -2.24. The van der Waals surface area contributed by atoms with Crippen LogP contribution in [0.2, 0.25) is 0 Å². The van der Waals surface area contributed by atoms with Gasteiger partial charge in [-0.05, 0) is 6.42 Å². The van der Waals surface area contributed by atoms with Gasteiger partial charge in [0.15, 0.2) is 0 Å². The molecule has 0 aromatic heterocycles. The summed E-state index contributed by atoms with van der Waals surface area (Å²) in [4.78, 5) is 11.4. The van der Waals surface area contributed by atoms with Crippen LogP contribution < -0.4 is 5.32 Å². The molecule has 0 amide bonds. The summed E-state index contributed by atoms with van der Waals surface area (Å²) in [6.07, 6.45) is 4.22. The molecule has 0 saturated carbocycles. The van der Waals surface area contributed by atoms with Gasteiger partial charge in [-0.25, -0.2) is 0 Å². The summed E-state index contributed by atoms with van der Waals surface area (Å²) < 4.78 is 4.76. The number of esters is 1. The minimum atomic E-state index is -0.149. The van der Waals surface area contributed by atoms with E-state index in [2.05, 4.69) is 18.3 Å². The highest BCUT2D eigenvalue weighted by atomic mass is 32.2. The maximum absolute atomic E-state index is 11.4. The fourth-order valence-corrected chi connectivity index (χ4v) is 2.38. The van der Waals surface area contributed by atoms with E-state index in [0.29, 0.717) is 0 Å². The second kappa shape index (κ2) is 5.96. The van der Waals surface area contributed by atoms with Crippen molar-refractivity contribution >= 4 is 17.7 Å². The zero-order chi connectivity index (χ0) is 10.4. The van der Waals surface area contributed by atoms with Gasteiger partial charge in [0.25, 0.3) is 0 Å². The number of unbranched alkanes of at least 4 members (excludes halogenated alkanes) is 1. The summed E-state index contributed by atoms with van der Waals surface area (Å²) in [6, 6.07) is 0. The SMILES string of the molecule is CCC/C=C1/NCCSC1C(=O)OC. The number of allylic oxidation sites excluding steroid dienone is 1. The Bertz CT molecular complexity index is 228. The van der Waals surface area contributed by atoms with E-state index in [1.54, 1.807) is 11.8 Å². The van der Waals surface area contributed by atoms with Crippen molar-refractivity contribution in [1.82, 2.24) is 5.32 Å². The molecular formula is C10H17NO2S. The molecule has 0 spiro atoms. The highest BCUT2D eigenvalue weighted by Gasteiger charge is 2.26. The maximum atomic E-state index is 11.4. The maximum Gasteiger partial charge on any atom is 0.324 e. The van der Waals surface area contributed by atoms with Crippen LogP contribution in [0.15, 0.2) is 11.8 Å². The molecule has 4 heteroatoms. The van der Waals surface area contributed by atoms with E-state index in [1.165, 1.54) is 7.11 Å². The van der Waals surface area contributed by atoms with Crippen molar-refractivity contribution in [2.45, 2.75) is 25.0 Å². The van der Waals surface area contributed by atoms with Crippen molar-refractivity contribution in [3.63, 3.8) is 0 Å². The van der Waals surface area contributed by atoms with Gasteiger partial charge in [0, 0.05) is 18.0 Å². The van der Waals surface area contributed by atoms with E-state index in [0.717, 1.165) is 30.8 Å². The van der Waals surface area contributed by atoms with Gasteiger partial charge in [0.05, 0.1) is 7.11 Å². The van der Waals surface area contributed by atoms with Crippen LogP contribution in [-0.4, -0.2) is 30.6 Å². The van der Waals surface area contributed by atoms with E-state index < -0.39 is 0 Å². The number of ether oxygens (including phenoxy) is 1. The molecule has 1 rings (SSSR count). The van der Waals surface area contributed by atoms with Gasteiger partial charge in [-0.15, -0.1) is 11.8 Å². The average Bonchev–Trinajstić information content (AvgIpc) is 2.25. The predicted molar refractivity (Wildman–Crippen MR) is 59.3 cm³/mol. The molecule has 0 radical (unpaired) electrons. The normalized spacial score (nSPS) is 24.4. The van der Waals surface area contributed by atoms with Crippen molar-refractivity contribution in [2.24, 2.45) is 0 Å². The van der Waals surface area contributed by atoms with Gasteiger partial charge in [0.2, 0.25) is 0 Å². The minimum Gasteiger partial charge on any atom is -0.468 e. The van der Waals surface area contributed by atoms with Crippen LogP contribution in [-0.2, 0) is 9.53 Å². The lowest BCUT2D eigenvalue weighted by molar-refractivity contribution is -0.139. The quantitative estimate of drug-likeness (QED) is 0.725. The molecule has 1 unspecified atom stereocenters. The standard InChI is InChI=1S/C10H17NO2S/c1-3-4-5-8-9(10(12)13-2)14-7-6-11-8/h5,9,11H,3-4,6-7H2,1-2H3/b8-5+. The number of rotatable bonds is 3. The summed E-state index contributed by atoms with van der Waals surface area (Å²) in [5, 5.41) is 3.12. The molecule has 0 aromatic rings. The van der Waals surface area contributed by atoms with Crippen LogP contribution in [0.5, 0.6) is 0 Å². The van der Waals surface area contributed by atoms with Crippen LogP contribution in [0.4, 0.5) is 0 Å². The Morgan fingerprint density at radius 2 is 2.57 bits per heavy atom. The number of hydrogen-bond donors (Lipinski definition) is 1. The number of hydrogen-bond acceptors (Lipinski definition) is 4. The van der Waals surface area contributed by atoms with Gasteiger partial charge < -0.3 is 10.1 Å². The second-order valence-electron chi connectivity index (χ2n) is 3.15. The largest absolute Gasteiger partial charge is 0.468 e. The molecule has 1 atom stereocenters. The van der Waals surface area contributed by atoms with Crippen LogP contribution in [0.3, 0.4) is 0 Å². The number of carbonyl (C=O) groups excluding carboxylic acids is 1. The van der Waals surface area contributed by atoms with E-state index >= 15 is 0 Å². The van der Waals surface area contributed by atoms with Gasteiger partial charge in [-0.2, -0.15) is 0 Å². The Morgan fingerprint density at radius 3 is 3.21 bits per heavy atom. The lowest BCUT2D eigenvalue weighted by Crippen LogP contribution is -2.36. The van der Waals surface area contributed by atoms with Gasteiger partial charge in [0.1, 0.15) is 5.25 Å². The summed E-state index contributed by atoms with van der Waals surface area (Å²) >= 11 is 1.65. The molecule has 1 heterocycles. The second-order valence-corrected chi connectivity index (χ2v) is 4.36. The van der Waals surface area contributed by atoms with Gasteiger partial charge >= 0.3 is 5.97 Å². The first kappa shape index (κ1) is 11.4. The molecule has 0 aromatic carbocycles. The highest BCUT2D eigenvalue weighted by Crippen LogP contribution is 2.23. The molecule has 0 bridgehead atoms. The lowest BCUT2D eigenvalue weighted by atomic mass is 10.2. The molecule has 1 aliphatic heterocycles. The molecule has 1 N–H and O–H groups in total. The van der Waals surface area contributed by atoms with E-state index in [-0.39, 0.29) is 11.2 Å². The van der Waals surface area contributed by atoms with Crippen molar-refractivity contribution in [3.8, 4) is 0 Å². The summed E-state index contributed by atoms with van der Waals surface area (Å²) in [5.41, 5.74) is 1.02. The first-order valence-electron chi connectivity index (χ1n) is 4.93. The Morgan fingerprint density at radius 1 is 1.79 bits per heavy atom. The van der Waals surface area contributed by atoms with Gasteiger partial charge in [-0.3, -0.25) is 4.79 Å². The molecule has 80 valence electrons. The Kier molecular flexibility index (Phi) is 4.87. The molecule has 1 fully saturated rings. The minimum absolute atomic E-state index is 0.139. The zero-order valence-electron chi connectivity index (χ0n) is 8.71. The van der Waals surface area contributed by atoms with E-state index in [1.807, 2.05) is 0 Å². The molecule has 14 heavy (non-hydrogen) atoms. The molecule has 0 aliphatic carbocycles. The number of carbonyl (C=O) groups is 1. The monoisotopic (exact) mass is 215 g/mol. The third kappa shape index (κ3) is 2.94. The highest BCUT2D eigenvalue weighted by molar-refractivity contribution is 8.00. The smallest absolute Gasteiger partial charge is 0.324 e. The molecular weight excluding hydrogens is 198 g/mol. The summed E-state index contributed by atoms with van der Waals surface area (Å²) in [6.45, 7) is 3.06. The predicted octanol–water partition coefficient (Wildman–Crippen LogP) is 1.55. The third-order valence-corrected chi connectivity index (χ3v) is 3.29. The molecule has 3 nitrogen and oxygen atoms in total. The van der Waals surface area contributed by atoms with Crippen molar-refractivity contribution in [2.75, 3.05) is 19.4 Å². The van der Waals surface area contributed by atoms with Crippen LogP contribution in [0, 0.1) is 0 Å². The van der Waals surface area contributed by atoms with Crippen molar-refractivity contribution in [3.05, 3.63) is 11.8 Å². The molecule has 1 saturated heterocycles. The number of methoxy groups -OCH3 is 1. The Labute approximate surface area is 89.3 Å². The van der Waals surface area contributed by atoms with Gasteiger partial charge in [-0.1, -0.05) is 19.4 Å². The van der Waals surface area contributed by atoms with E-state index in [4.69, 9.17) is 4.74 Å². The topological polar surface area (TPSA) is 38.3 Å². The number of thioether (sulfide) groups is 1. The first-order valence-corrected chi connectivity index (χ1v) is 5.97. The average molecular weight is 215 g/mol. The van der Waals surface area contributed by atoms with Crippen molar-refractivity contribution < 1.29 is 9.53 Å². The van der Waals surface area contributed by atoms with Crippen LogP contribution in [0.1, 0.15) is 19.8 Å². The third-order valence-electron chi connectivity index (χ3n) is 2.07.